The highest BCUT2D eigenvalue weighted by molar-refractivity contribution is 7.89. The lowest BCUT2D eigenvalue weighted by Gasteiger charge is -2.32. The Bertz CT molecular complexity index is 1110. The van der Waals surface area contributed by atoms with Crippen molar-refractivity contribution in [1.82, 2.24) is 14.2 Å². The standard InChI is InChI=1S/C21H26FN3O5S/c1-15-13-17(14-21(27)24(15)2)30-16-8-11-25(12-9-16)20(26)7-10-23-31(28,29)19-6-4-3-5-18(19)22/h3-6,13-14,16,23H,7-12H2,1-2H3. The van der Waals surface area contributed by atoms with E-state index in [2.05, 4.69) is 4.72 Å². The van der Waals surface area contributed by atoms with Gasteiger partial charge < -0.3 is 14.2 Å². The molecule has 0 aliphatic carbocycles. The summed E-state index contributed by atoms with van der Waals surface area (Å²) in [6.45, 7) is 2.68. The summed E-state index contributed by atoms with van der Waals surface area (Å²) < 4.78 is 47.8. The molecule has 31 heavy (non-hydrogen) atoms. The Morgan fingerprint density at radius 2 is 1.90 bits per heavy atom. The summed E-state index contributed by atoms with van der Waals surface area (Å²) in [4.78, 5) is 25.5. The first-order valence-electron chi connectivity index (χ1n) is 10.0. The Labute approximate surface area is 180 Å². The number of aryl methyl sites for hydroxylation is 1. The van der Waals surface area contributed by atoms with E-state index in [1.54, 1.807) is 18.0 Å². The van der Waals surface area contributed by atoms with Gasteiger partial charge in [0.1, 0.15) is 22.6 Å². The molecule has 1 aliphatic heterocycles. The van der Waals surface area contributed by atoms with Crippen LogP contribution in [0.1, 0.15) is 25.0 Å². The smallest absolute Gasteiger partial charge is 0.254 e. The zero-order valence-electron chi connectivity index (χ0n) is 17.5. The Hall–Kier alpha value is -2.72. The number of benzene rings is 1. The number of nitrogens with zero attached hydrogens (tertiary/aromatic N) is 2. The van der Waals surface area contributed by atoms with Crippen LogP contribution in [0, 0.1) is 12.7 Å². The first-order valence-corrected chi connectivity index (χ1v) is 11.5. The molecule has 1 aromatic carbocycles. The average molecular weight is 452 g/mol. The maximum atomic E-state index is 13.7. The fourth-order valence-corrected chi connectivity index (χ4v) is 4.52. The van der Waals surface area contributed by atoms with Crippen LogP contribution in [0.4, 0.5) is 4.39 Å². The number of hydrogen-bond acceptors (Lipinski definition) is 5. The number of ether oxygens (including phenoxy) is 1. The Kier molecular flexibility index (Phi) is 7.11. The van der Waals surface area contributed by atoms with Gasteiger partial charge in [0.2, 0.25) is 15.9 Å². The van der Waals surface area contributed by atoms with E-state index >= 15 is 0 Å². The van der Waals surface area contributed by atoms with E-state index in [1.165, 1.54) is 28.8 Å². The molecule has 1 saturated heterocycles. The van der Waals surface area contributed by atoms with E-state index in [0.29, 0.717) is 31.7 Å². The molecule has 0 bridgehead atoms. The van der Waals surface area contributed by atoms with Crippen LogP contribution in [0.25, 0.3) is 0 Å². The number of aromatic nitrogens is 1. The maximum absolute atomic E-state index is 13.7. The quantitative estimate of drug-likeness (QED) is 0.689. The van der Waals surface area contributed by atoms with Gasteiger partial charge in [-0.3, -0.25) is 9.59 Å². The molecule has 0 radical (unpaired) electrons. The lowest BCUT2D eigenvalue weighted by atomic mass is 10.1. The first kappa shape index (κ1) is 23.0. The van der Waals surface area contributed by atoms with E-state index < -0.39 is 20.7 Å². The second kappa shape index (κ2) is 9.61. The summed E-state index contributed by atoms with van der Waals surface area (Å²) in [5.74, 6) is -0.498. The maximum Gasteiger partial charge on any atom is 0.254 e. The van der Waals surface area contributed by atoms with E-state index in [4.69, 9.17) is 4.74 Å². The van der Waals surface area contributed by atoms with Crippen LogP contribution in [-0.4, -0.2) is 49.5 Å². The van der Waals surface area contributed by atoms with Crippen LogP contribution in [0.5, 0.6) is 5.75 Å². The lowest BCUT2D eigenvalue weighted by Crippen LogP contribution is -2.43. The summed E-state index contributed by atoms with van der Waals surface area (Å²) in [7, 11) is -2.32. The van der Waals surface area contributed by atoms with Crippen molar-refractivity contribution in [3.05, 3.63) is 58.3 Å². The van der Waals surface area contributed by atoms with Crippen molar-refractivity contribution in [2.24, 2.45) is 7.05 Å². The minimum Gasteiger partial charge on any atom is -0.490 e. The molecule has 0 spiro atoms. The second-order valence-electron chi connectivity index (χ2n) is 7.51. The number of likely N-dealkylation sites (tertiary alicyclic amines) is 1. The van der Waals surface area contributed by atoms with Crippen molar-refractivity contribution < 1.29 is 22.3 Å². The molecule has 1 aromatic heterocycles. The molecule has 10 heteroatoms. The second-order valence-corrected chi connectivity index (χ2v) is 9.24. The van der Waals surface area contributed by atoms with Gasteiger partial charge in [-0.05, 0) is 25.1 Å². The third-order valence-corrected chi connectivity index (χ3v) is 6.83. The minimum absolute atomic E-state index is 0.0207. The molecular weight excluding hydrogens is 425 g/mol. The zero-order chi connectivity index (χ0) is 22.6. The molecule has 2 aromatic rings. The molecule has 1 aliphatic rings. The molecule has 8 nitrogen and oxygen atoms in total. The molecule has 2 heterocycles. The van der Waals surface area contributed by atoms with Crippen molar-refractivity contribution in [1.29, 1.82) is 0 Å². The molecule has 3 rings (SSSR count). The van der Waals surface area contributed by atoms with Gasteiger partial charge in [-0.2, -0.15) is 0 Å². The third-order valence-electron chi connectivity index (χ3n) is 5.33. The van der Waals surface area contributed by atoms with Gasteiger partial charge in [-0.1, -0.05) is 12.1 Å². The number of hydrogen-bond donors (Lipinski definition) is 1. The van der Waals surface area contributed by atoms with Crippen LogP contribution in [0.15, 0.2) is 46.1 Å². The first-order chi connectivity index (χ1) is 14.7. The third kappa shape index (κ3) is 5.71. The summed E-state index contributed by atoms with van der Waals surface area (Å²) in [5.41, 5.74) is 0.661. The lowest BCUT2D eigenvalue weighted by molar-refractivity contribution is -0.132. The molecule has 0 saturated carbocycles. The van der Waals surface area contributed by atoms with Gasteiger partial charge in [0.25, 0.3) is 5.56 Å². The molecule has 0 unspecified atom stereocenters. The SMILES string of the molecule is Cc1cc(OC2CCN(C(=O)CCNS(=O)(=O)c3ccccc3F)CC2)cc(=O)n1C. The molecule has 168 valence electrons. The van der Waals surface area contributed by atoms with Crippen molar-refractivity contribution in [2.45, 2.75) is 37.2 Å². The number of pyridine rings is 1. The van der Waals surface area contributed by atoms with Gasteiger partial charge in [0, 0.05) is 57.7 Å². The number of amides is 1. The molecular formula is C21H26FN3O5S. The number of rotatable bonds is 7. The number of piperidine rings is 1. The predicted octanol–water partition coefficient (Wildman–Crippen LogP) is 1.57. The topological polar surface area (TPSA) is 97.7 Å². The van der Waals surface area contributed by atoms with Gasteiger partial charge >= 0.3 is 0 Å². The number of sulfonamides is 1. The average Bonchev–Trinajstić information content (AvgIpc) is 2.72. The number of carbonyl (C=O) groups is 1. The normalized spacial score (nSPS) is 15.1. The molecule has 1 fully saturated rings. The van der Waals surface area contributed by atoms with Gasteiger partial charge in [0.05, 0.1) is 0 Å². The fraction of sp³-hybridized carbons (Fsp3) is 0.429. The minimum atomic E-state index is -4.01. The summed E-state index contributed by atoms with van der Waals surface area (Å²) in [6, 6.07) is 8.34. The highest BCUT2D eigenvalue weighted by Gasteiger charge is 2.25. The van der Waals surface area contributed by atoms with Crippen molar-refractivity contribution >= 4 is 15.9 Å². The van der Waals surface area contributed by atoms with Crippen LogP contribution in [-0.2, 0) is 21.9 Å². The van der Waals surface area contributed by atoms with Gasteiger partial charge in [-0.25, -0.2) is 17.5 Å². The monoisotopic (exact) mass is 451 g/mol. The highest BCUT2D eigenvalue weighted by atomic mass is 32.2. The largest absolute Gasteiger partial charge is 0.490 e. The van der Waals surface area contributed by atoms with E-state index in [1.807, 2.05) is 6.92 Å². The van der Waals surface area contributed by atoms with Crippen molar-refractivity contribution in [3.63, 3.8) is 0 Å². The van der Waals surface area contributed by atoms with E-state index in [9.17, 15) is 22.4 Å². The summed E-state index contributed by atoms with van der Waals surface area (Å²) in [6.07, 6.45) is 1.10. The molecule has 1 amide bonds. The highest BCUT2D eigenvalue weighted by Crippen LogP contribution is 2.19. The van der Waals surface area contributed by atoms with Gasteiger partial charge in [-0.15, -0.1) is 0 Å². The van der Waals surface area contributed by atoms with Crippen LogP contribution >= 0.6 is 0 Å². The van der Waals surface area contributed by atoms with E-state index in [-0.39, 0.29) is 30.5 Å². The Balaban J connectivity index is 1.46. The number of halogens is 1. The van der Waals surface area contributed by atoms with Crippen LogP contribution in [0.3, 0.4) is 0 Å². The Morgan fingerprint density at radius 1 is 1.23 bits per heavy atom. The predicted molar refractivity (Wildman–Crippen MR) is 113 cm³/mol. The summed E-state index contributed by atoms with van der Waals surface area (Å²) in [5, 5.41) is 0. The van der Waals surface area contributed by atoms with Gasteiger partial charge in [0.15, 0.2) is 0 Å². The molecule has 0 atom stereocenters. The van der Waals surface area contributed by atoms with E-state index in [0.717, 1.165) is 11.8 Å². The van der Waals surface area contributed by atoms with Crippen LogP contribution in [0.2, 0.25) is 0 Å². The van der Waals surface area contributed by atoms with Crippen molar-refractivity contribution in [3.8, 4) is 5.75 Å². The van der Waals surface area contributed by atoms with Crippen molar-refractivity contribution in [2.75, 3.05) is 19.6 Å². The number of nitrogens with one attached hydrogen (secondary N) is 1. The summed E-state index contributed by atoms with van der Waals surface area (Å²) >= 11 is 0. The molecule has 1 N–H and O–H groups in total. The van der Waals surface area contributed by atoms with Crippen LogP contribution < -0.4 is 15.0 Å². The Morgan fingerprint density at radius 3 is 2.55 bits per heavy atom. The zero-order valence-corrected chi connectivity index (χ0v) is 18.3. The fourth-order valence-electron chi connectivity index (χ4n) is 3.41. The number of carbonyl (C=O) groups excluding carboxylic acids is 1.